The molecular weight excluding hydrogens is 262 g/mol. The maximum absolute atomic E-state index is 6.60. The fourth-order valence-electron chi connectivity index (χ4n) is 4.25. The highest BCUT2D eigenvalue weighted by atomic mass is 16.5. The summed E-state index contributed by atoms with van der Waals surface area (Å²) >= 11 is 0. The number of rotatable bonds is 3. The third-order valence-electron chi connectivity index (χ3n) is 5.44. The Morgan fingerprint density at radius 1 is 1.38 bits per heavy atom. The van der Waals surface area contributed by atoms with Crippen molar-refractivity contribution in [3.63, 3.8) is 0 Å². The highest BCUT2D eigenvalue weighted by Crippen LogP contribution is 2.50. The van der Waals surface area contributed by atoms with E-state index < -0.39 is 0 Å². The van der Waals surface area contributed by atoms with Crippen molar-refractivity contribution in [2.75, 3.05) is 14.2 Å². The first-order valence-corrected chi connectivity index (χ1v) is 8.26. The van der Waals surface area contributed by atoms with Gasteiger partial charge in [0.05, 0.1) is 7.11 Å². The number of fused-ring (bicyclic) bond motifs is 1. The standard InChI is InChI=1S/C18H27NO2/c1-4-13-7-5-6-10-18(13)12-16(19-2)15-11-14(20-3)8-9-17(15)21-18/h8-9,11,13,16,19H,4-7,10,12H2,1-3H3. The first-order valence-electron chi connectivity index (χ1n) is 8.26. The quantitative estimate of drug-likeness (QED) is 0.909. The van der Waals surface area contributed by atoms with E-state index in [-0.39, 0.29) is 5.60 Å². The molecule has 1 aliphatic heterocycles. The van der Waals surface area contributed by atoms with Crippen LogP contribution in [0.15, 0.2) is 18.2 Å². The molecule has 116 valence electrons. The zero-order chi connectivity index (χ0) is 14.9. The van der Waals surface area contributed by atoms with E-state index in [1.807, 2.05) is 6.07 Å². The Balaban J connectivity index is 1.98. The van der Waals surface area contributed by atoms with Crippen molar-refractivity contribution in [1.82, 2.24) is 5.32 Å². The molecule has 1 saturated carbocycles. The van der Waals surface area contributed by atoms with E-state index in [1.54, 1.807) is 7.11 Å². The van der Waals surface area contributed by atoms with Crippen molar-refractivity contribution >= 4 is 0 Å². The van der Waals surface area contributed by atoms with Crippen LogP contribution in [0.5, 0.6) is 11.5 Å². The maximum Gasteiger partial charge on any atom is 0.125 e. The number of methoxy groups -OCH3 is 1. The van der Waals surface area contributed by atoms with Gasteiger partial charge in [0.25, 0.3) is 0 Å². The molecule has 1 fully saturated rings. The first kappa shape index (κ1) is 14.7. The van der Waals surface area contributed by atoms with Gasteiger partial charge in [-0.1, -0.05) is 13.3 Å². The van der Waals surface area contributed by atoms with Gasteiger partial charge in [-0.15, -0.1) is 0 Å². The average molecular weight is 289 g/mol. The smallest absolute Gasteiger partial charge is 0.125 e. The normalized spacial score (nSPS) is 31.6. The van der Waals surface area contributed by atoms with Gasteiger partial charge in [-0.2, -0.15) is 0 Å². The minimum atomic E-state index is 0.0300. The van der Waals surface area contributed by atoms with Gasteiger partial charge in [0.1, 0.15) is 17.1 Å². The molecule has 0 bridgehead atoms. The third kappa shape index (κ3) is 2.52. The predicted octanol–water partition coefficient (Wildman–Crippen LogP) is 4.08. The van der Waals surface area contributed by atoms with Crippen LogP contribution in [0.25, 0.3) is 0 Å². The summed E-state index contributed by atoms with van der Waals surface area (Å²) in [5, 5.41) is 3.49. The second kappa shape index (κ2) is 5.88. The maximum atomic E-state index is 6.60. The summed E-state index contributed by atoms with van der Waals surface area (Å²) in [5.74, 6) is 2.63. The summed E-state index contributed by atoms with van der Waals surface area (Å²) in [7, 11) is 3.77. The summed E-state index contributed by atoms with van der Waals surface area (Å²) in [5.41, 5.74) is 1.27. The predicted molar refractivity (Wildman–Crippen MR) is 85.0 cm³/mol. The highest BCUT2D eigenvalue weighted by Gasteiger charge is 2.46. The van der Waals surface area contributed by atoms with Gasteiger partial charge < -0.3 is 14.8 Å². The topological polar surface area (TPSA) is 30.5 Å². The lowest BCUT2D eigenvalue weighted by atomic mass is 9.69. The van der Waals surface area contributed by atoms with Crippen LogP contribution in [0.3, 0.4) is 0 Å². The number of hydrogen-bond donors (Lipinski definition) is 1. The van der Waals surface area contributed by atoms with Crippen molar-refractivity contribution in [2.45, 2.75) is 57.1 Å². The van der Waals surface area contributed by atoms with Gasteiger partial charge in [0, 0.05) is 18.0 Å². The molecule has 3 nitrogen and oxygen atoms in total. The number of benzene rings is 1. The van der Waals surface area contributed by atoms with E-state index in [4.69, 9.17) is 9.47 Å². The van der Waals surface area contributed by atoms with E-state index >= 15 is 0 Å². The van der Waals surface area contributed by atoms with Gasteiger partial charge in [-0.05, 0) is 56.8 Å². The molecule has 2 aliphatic rings. The molecule has 1 aromatic rings. The highest BCUT2D eigenvalue weighted by molar-refractivity contribution is 5.44. The Labute approximate surface area is 128 Å². The Morgan fingerprint density at radius 3 is 2.95 bits per heavy atom. The molecule has 1 spiro atoms. The largest absolute Gasteiger partial charge is 0.497 e. The van der Waals surface area contributed by atoms with Crippen LogP contribution < -0.4 is 14.8 Å². The number of nitrogens with one attached hydrogen (secondary N) is 1. The van der Waals surface area contributed by atoms with Crippen LogP contribution in [0, 0.1) is 5.92 Å². The molecule has 3 atom stereocenters. The van der Waals surface area contributed by atoms with Gasteiger partial charge >= 0.3 is 0 Å². The number of hydrogen-bond acceptors (Lipinski definition) is 3. The van der Waals surface area contributed by atoms with E-state index in [1.165, 1.54) is 37.7 Å². The number of ether oxygens (including phenoxy) is 2. The van der Waals surface area contributed by atoms with Crippen LogP contribution in [0.1, 0.15) is 57.1 Å². The van der Waals surface area contributed by atoms with Crippen LogP contribution in [0.4, 0.5) is 0 Å². The molecule has 1 aliphatic carbocycles. The van der Waals surface area contributed by atoms with Crippen molar-refractivity contribution in [3.8, 4) is 11.5 Å². The summed E-state index contributed by atoms with van der Waals surface area (Å²) in [4.78, 5) is 0. The Hall–Kier alpha value is -1.22. The van der Waals surface area contributed by atoms with E-state index in [0.29, 0.717) is 12.0 Å². The van der Waals surface area contributed by atoms with Crippen molar-refractivity contribution in [2.24, 2.45) is 5.92 Å². The molecule has 3 unspecified atom stereocenters. The lowest BCUT2D eigenvalue weighted by Gasteiger charge is -2.49. The molecule has 0 saturated heterocycles. The summed E-state index contributed by atoms with van der Waals surface area (Å²) in [6.45, 7) is 2.30. The second-order valence-corrected chi connectivity index (χ2v) is 6.47. The Morgan fingerprint density at radius 2 is 2.24 bits per heavy atom. The van der Waals surface area contributed by atoms with Gasteiger partial charge in [0.15, 0.2) is 0 Å². The molecule has 1 aromatic carbocycles. The van der Waals surface area contributed by atoms with Crippen LogP contribution in [-0.4, -0.2) is 19.8 Å². The molecule has 3 heteroatoms. The average Bonchev–Trinajstić information content (AvgIpc) is 2.54. The monoisotopic (exact) mass is 289 g/mol. The molecule has 0 aromatic heterocycles. The molecule has 3 rings (SSSR count). The van der Waals surface area contributed by atoms with Gasteiger partial charge in [-0.25, -0.2) is 0 Å². The SMILES string of the molecule is CCC1CCCCC12CC(NC)c1cc(OC)ccc1O2. The Kier molecular flexibility index (Phi) is 4.12. The summed E-state index contributed by atoms with van der Waals surface area (Å²) in [6.07, 6.45) is 7.42. The van der Waals surface area contributed by atoms with Gasteiger partial charge in [-0.3, -0.25) is 0 Å². The van der Waals surface area contributed by atoms with E-state index in [2.05, 4.69) is 31.4 Å². The molecule has 21 heavy (non-hydrogen) atoms. The van der Waals surface area contributed by atoms with E-state index in [0.717, 1.165) is 17.9 Å². The molecule has 0 radical (unpaired) electrons. The zero-order valence-electron chi connectivity index (χ0n) is 13.4. The lowest BCUT2D eigenvalue weighted by molar-refractivity contribution is -0.0518. The van der Waals surface area contributed by atoms with Crippen LogP contribution >= 0.6 is 0 Å². The molecule has 0 amide bonds. The molecule has 1 N–H and O–H groups in total. The van der Waals surface area contributed by atoms with Crippen molar-refractivity contribution in [3.05, 3.63) is 23.8 Å². The van der Waals surface area contributed by atoms with Crippen molar-refractivity contribution < 1.29 is 9.47 Å². The lowest BCUT2D eigenvalue weighted by Crippen LogP contribution is -2.50. The third-order valence-corrected chi connectivity index (χ3v) is 5.44. The van der Waals surface area contributed by atoms with Gasteiger partial charge in [0.2, 0.25) is 0 Å². The molecule has 1 heterocycles. The fourth-order valence-corrected chi connectivity index (χ4v) is 4.25. The minimum Gasteiger partial charge on any atom is -0.497 e. The second-order valence-electron chi connectivity index (χ2n) is 6.47. The summed E-state index contributed by atoms with van der Waals surface area (Å²) < 4.78 is 12.0. The van der Waals surface area contributed by atoms with Crippen molar-refractivity contribution in [1.29, 1.82) is 0 Å². The zero-order valence-corrected chi connectivity index (χ0v) is 13.4. The molecular formula is C18H27NO2. The fraction of sp³-hybridized carbons (Fsp3) is 0.667. The van der Waals surface area contributed by atoms with E-state index in [9.17, 15) is 0 Å². The van der Waals surface area contributed by atoms with Crippen LogP contribution in [-0.2, 0) is 0 Å². The summed E-state index contributed by atoms with van der Waals surface area (Å²) in [6, 6.07) is 6.57. The minimum absolute atomic E-state index is 0.0300. The first-order chi connectivity index (χ1) is 10.2. The van der Waals surface area contributed by atoms with Crippen LogP contribution in [0.2, 0.25) is 0 Å². The Bertz CT molecular complexity index is 502.